The van der Waals surface area contributed by atoms with Crippen LogP contribution in [0.4, 0.5) is 0 Å². The van der Waals surface area contributed by atoms with E-state index in [4.69, 9.17) is 5.73 Å². The molecule has 1 amide bonds. The first-order chi connectivity index (χ1) is 9.10. The summed E-state index contributed by atoms with van der Waals surface area (Å²) in [5, 5.41) is 11.8. The molecule has 20 heavy (non-hydrogen) atoms. The molecule has 4 heteroatoms. The summed E-state index contributed by atoms with van der Waals surface area (Å²) in [5.41, 5.74) is 7.47. The Balaban J connectivity index is 0.00000200. The number of aryl methyl sites for hydroxylation is 2. The highest BCUT2D eigenvalue weighted by atomic mass is 35.5. The minimum atomic E-state index is -1.06. The molecule has 0 spiro atoms. The second kappa shape index (κ2) is 7.27. The molecule has 1 unspecified atom stereocenters. The van der Waals surface area contributed by atoms with E-state index in [0.717, 1.165) is 12.0 Å². The summed E-state index contributed by atoms with van der Waals surface area (Å²) in [6.45, 7) is 2.14. The highest BCUT2D eigenvalue weighted by molar-refractivity contribution is 5.85. The van der Waals surface area contributed by atoms with Gasteiger partial charge in [-0.1, -0.05) is 43.3 Å². The molecule has 0 aliphatic heterocycles. The van der Waals surface area contributed by atoms with Crippen LogP contribution in [0, 0.1) is 0 Å². The minimum Gasteiger partial charge on any atom is -0.383 e. The molecular formula is C16H20ClNO2. The van der Waals surface area contributed by atoms with E-state index in [2.05, 4.69) is 37.3 Å². The summed E-state index contributed by atoms with van der Waals surface area (Å²) >= 11 is 0. The number of fused-ring (bicyclic) bond motifs is 1. The Labute approximate surface area is 125 Å². The van der Waals surface area contributed by atoms with Crippen molar-refractivity contribution < 1.29 is 9.90 Å². The molecule has 2 aromatic rings. The predicted octanol–water partition coefficient (Wildman–Crippen LogP) is 2.60. The number of aliphatic hydroxyl groups excluding tert-OH is 1. The lowest BCUT2D eigenvalue weighted by Crippen LogP contribution is -2.28. The largest absolute Gasteiger partial charge is 0.383 e. The number of hydrogen-bond acceptors (Lipinski definition) is 2. The normalized spacial score (nSPS) is 11.9. The molecule has 0 aliphatic rings. The lowest BCUT2D eigenvalue weighted by molar-refractivity contribution is -0.126. The number of aliphatic hydroxyl groups is 1. The van der Waals surface area contributed by atoms with Gasteiger partial charge >= 0.3 is 0 Å². The number of benzene rings is 2. The van der Waals surface area contributed by atoms with Crippen molar-refractivity contribution in [2.45, 2.75) is 32.3 Å². The van der Waals surface area contributed by atoms with Gasteiger partial charge in [0.25, 0.3) is 0 Å². The van der Waals surface area contributed by atoms with Crippen LogP contribution in [0.3, 0.4) is 0 Å². The summed E-state index contributed by atoms with van der Waals surface area (Å²) in [6.07, 6.45) is 0.990. The third kappa shape index (κ3) is 3.95. The molecule has 0 fully saturated rings. The highest BCUT2D eigenvalue weighted by Crippen LogP contribution is 2.19. The smallest absolute Gasteiger partial charge is 0.246 e. The van der Waals surface area contributed by atoms with Gasteiger partial charge in [-0.3, -0.25) is 4.79 Å². The van der Waals surface area contributed by atoms with Crippen LogP contribution in [-0.2, 0) is 17.6 Å². The molecule has 2 aromatic carbocycles. The molecule has 0 saturated heterocycles. The lowest BCUT2D eigenvalue weighted by atomic mass is 10.00. The SMILES string of the molecule is CCc1ccc2cc(CCC(O)C(N)=O)ccc2c1.Cl. The summed E-state index contributed by atoms with van der Waals surface area (Å²) in [6, 6.07) is 12.7. The van der Waals surface area contributed by atoms with E-state index in [9.17, 15) is 9.90 Å². The Kier molecular flexibility index (Phi) is 5.99. The van der Waals surface area contributed by atoms with E-state index in [1.54, 1.807) is 0 Å². The number of halogens is 1. The zero-order valence-corrected chi connectivity index (χ0v) is 12.3. The number of carbonyl (C=O) groups excluding carboxylic acids is 1. The van der Waals surface area contributed by atoms with Crippen molar-refractivity contribution in [1.29, 1.82) is 0 Å². The van der Waals surface area contributed by atoms with Gasteiger partial charge in [-0.05, 0) is 41.2 Å². The zero-order valence-electron chi connectivity index (χ0n) is 11.5. The van der Waals surface area contributed by atoms with E-state index in [0.29, 0.717) is 12.8 Å². The van der Waals surface area contributed by atoms with Crippen LogP contribution >= 0.6 is 12.4 Å². The van der Waals surface area contributed by atoms with E-state index in [1.807, 2.05) is 6.07 Å². The van der Waals surface area contributed by atoms with Gasteiger partial charge in [0.2, 0.25) is 5.91 Å². The van der Waals surface area contributed by atoms with Crippen molar-refractivity contribution in [1.82, 2.24) is 0 Å². The Bertz CT molecular complexity index is 598. The van der Waals surface area contributed by atoms with E-state index in [1.165, 1.54) is 16.3 Å². The first-order valence-electron chi connectivity index (χ1n) is 6.59. The molecule has 3 N–H and O–H groups in total. The standard InChI is InChI=1S/C16H19NO2.ClH/c1-2-11-3-6-14-10-12(4-7-13(14)9-11)5-8-15(18)16(17)19;/h3-4,6-7,9-10,15,18H,2,5,8H2,1H3,(H2,17,19);1H. The average Bonchev–Trinajstić information content (AvgIpc) is 2.43. The molecule has 1 atom stereocenters. The summed E-state index contributed by atoms with van der Waals surface area (Å²) in [4.78, 5) is 10.8. The number of primary amides is 1. The number of nitrogens with two attached hydrogens (primary N) is 1. The van der Waals surface area contributed by atoms with Crippen LogP contribution in [-0.4, -0.2) is 17.1 Å². The first-order valence-corrected chi connectivity index (χ1v) is 6.59. The Hall–Kier alpha value is -1.58. The van der Waals surface area contributed by atoms with Crippen LogP contribution in [0.1, 0.15) is 24.5 Å². The van der Waals surface area contributed by atoms with Gasteiger partial charge in [0.1, 0.15) is 6.10 Å². The summed E-state index contributed by atoms with van der Waals surface area (Å²) < 4.78 is 0. The maximum absolute atomic E-state index is 10.8. The van der Waals surface area contributed by atoms with Crippen molar-refractivity contribution >= 4 is 29.1 Å². The Morgan fingerprint density at radius 3 is 2.25 bits per heavy atom. The third-order valence-corrected chi connectivity index (χ3v) is 3.41. The maximum Gasteiger partial charge on any atom is 0.246 e. The molecule has 0 heterocycles. The number of hydrogen-bond donors (Lipinski definition) is 2. The van der Waals surface area contributed by atoms with Crippen LogP contribution in [0.2, 0.25) is 0 Å². The molecule has 0 aliphatic carbocycles. The molecule has 0 bridgehead atoms. The summed E-state index contributed by atoms with van der Waals surface area (Å²) in [5.74, 6) is -0.659. The molecule has 108 valence electrons. The van der Waals surface area contributed by atoms with Gasteiger partial charge in [-0.25, -0.2) is 0 Å². The number of carbonyl (C=O) groups is 1. The topological polar surface area (TPSA) is 63.3 Å². The maximum atomic E-state index is 10.8. The second-order valence-corrected chi connectivity index (χ2v) is 4.83. The number of amides is 1. The highest BCUT2D eigenvalue weighted by Gasteiger charge is 2.10. The van der Waals surface area contributed by atoms with Gasteiger partial charge in [0, 0.05) is 0 Å². The van der Waals surface area contributed by atoms with Crippen molar-refractivity contribution in [3.8, 4) is 0 Å². The van der Waals surface area contributed by atoms with Crippen molar-refractivity contribution in [2.24, 2.45) is 5.73 Å². The van der Waals surface area contributed by atoms with Gasteiger partial charge in [0.05, 0.1) is 0 Å². The molecule has 0 aromatic heterocycles. The Morgan fingerprint density at radius 2 is 1.70 bits per heavy atom. The van der Waals surface area contributed by atoms with Crippen molar-refractivity contribution in [3.05, 3.63) is 47.5 Å². The summed E-state index contributed by atoms with van der Waals surface area (Å²) in [7, 11) is 0. The van der Waals surface area contributed by atoms with Crippen LogP contribution in [0.25, 0.3) is 10.8 Å². The molecule has 2 rings (SSSR count). The van der Waals surface area contributed by atoms with E-state index in [-0.39, 0.29) is 12.4 Å². The zero-order chi connectivity index (χ0) is 13.8. The van der Waals surface area contributed by atoms with Crippen molar-refractivity contribution in [2.75, 3.05) is 0 Å². The minimum absolute atomic E-state index is 0. The Morgan fingerprint density at radius 1 is 1.15 bits per heavy atom. The fourth-order valence-electron chi connectivity index (χ4n) is 2.17. The number of rotatable bonds is 5. The fourth-order valence-corrected chi connectivity index (χ4v) is 2.17. The fraction of sp³-hybridized carbons (Fsp3) is 0.312. The quantitative estimate of drug-likeness (QED) is 0.890. The van der Waals surface area contributed by atoms with Gasteiger partial charge in [0.15, 0.2) is 0 Å². The van der Waals surface area contributed by atoms with E-state index < -0.39 is 12.0 Å². The van der Waals surface area contributed by atoms with Gasteiger partial charge in [-0.15, -0.1) is 12.4 Å². The van der Waals surface area contributed by atoms with Crippen LogP contribution < -0.4 is 5.73 Å². The lowest BCUT2D eigenvalue weighted by Gasteiger charge is -2.08. The first kappa shape index (κ1) is 16.5. The van der Waals surface area contributed by atoms with E-state index >= 15 is 0 Å². The molecule has 0 radical (unpaired) electrons. The molecule has 3 nitrogen and oxygen atoms in total. The third-order valence-electron chi connectivity index (χ3n) is 3.41. The van der Waals surface area contributed by atoms with Crippen molar-refractivity contribution in [3.63, 3.8) is 0 Å². The average molecular weight is 294 g/mol. The van der Waals surface area contributed by atoms with Gasteiger partial charge in [-0.2, -0.15) is 0 Å². The second-order valence-electron chi connectivity index (χ2n) is 4.83. The molecule has 0 saturated carbocycles. The van der Waals surface area contributed by atoms with Gasteiger partial charge < -0.3 is 10.8 Å². The predicted molar refractivity (Wildman–Crippen MR) is 84.1 cm³/mol. The monoisotopic (exact) mass is 293 g/mol. The van der Waals surface area contributed by atoms with Crippen LogP contribution in [0.5, 0.6) is 0 Å². The van der Waals surface area contributed by atoms with Crippen LogP contribution in [0.15, 0.2) is 36.4 Å². The molecular weight excluding hydrogens is 274 g/mol.